The molecule has 0 saturated heterocycles. The van der Waals surface area contributed by atoms with Crippen molar-refractivity contribution in [2.45, 2.75) is 0 Å². The van der Waals surface area contributed by atoms with E-state index < -0.39 is 0 Å². The minimum Gasteiger partial charge on any atom is -0.431 e. The van der Waals surface area contributed by atoms with Gasteiger partial charge >= 0.3 is 5.97 Å². The molecule has 3 heteroatoms. The fourth-order valence-electron chi connectivity index (χ4n) is 2.21. The van der Waals surface area contributed by atoms with E-state index in [-0.39, 0.29) is 22.7 Å². The summed E-state index contributed by atoms with van der Waals surface area (Å²) in [6, 6.07) is 23.1. The van der Waals surface area contributed by atoms with Crippen LogP contribution in [0.15, 0.2) is 79.1 Å². The summed E-state index contributed by atoms with van der Waals surface area (Å²) in [6.45, 7) is 0. The Morgan fingerprint density at radius 2 is 1.50 bits per heavy atom. The monoisotopic (exact) mass is 333 g/mol. The Morgan fingerprint density at radius 1 is 0.818 bits per heavy atom. The van der Waals surface area contributed by atoms with Gasteiger partial charge in [0.1, 0.15) is 0 Å². The largest absolute Gasteiger partial charge is 0.431 e. The molecule has 0 atom stereocenters. The zero-order chi connectivity index (χ0) is 14.5. The predicted molar refractivity (Wildman–Crippen MR) is 84.8 cm³/mol. The van der Waals surface area contributed by atoms with E-state index in [1.807, 2.05) is 66.7 Å². The summed E-state index contributed by atoms with van der Waals surface area (Å²) in [5.41, 5.74) is 1.56. The van der Waals surface area contributed by atoms with Crippen LogP contribution in [0.3, 0.4) is 0 Å². The van der Waals surface area contributed by atoms with Crippen molar-refractivity contribution in [3.05, 3.63) is 90.2 Å². The molecule has 0 spiro atoms. The standard InChI is InChI=1S/C19H14O2.Co/c20-19(21-14-13-15-7-2-1-3-8-15)18-12-6-10-16-9-4-5-11-17(16)18;/h1-14H;. The molecule has 0 aromatic heterocycles. The van der Waals surface area contributed by atoms with E-state index in [0.717, 1.165) is 16.3 Å². The van der Waals surface area contributed by atoms with Gasteiger partial charge in [-0.1, -0.05) is 66.7 Å². The molecule has 3 aromatic carbocycles. The van der Waals surface area contributed by atoms with Crippen molar-refractivity contribution in [2.24, 2.45) is 0 Å². The van der Waals surface area contributed by atoms with Crippen molar-refractivity contribution < 1.29 is 26.3 Å². The molecule has 0 amide bonds. The number of hydrogen-bond acceptors (Lipinski definition) is 2. The summed E-state index contributed by atoms with van der Waals surface area (Å²) in [7, 11) is 0. The van der Waals surface area contributed by atoms with Crippen LogP contribution in [-0.2, 0) is 21.5 Å². The van der Waals surface area contributed by atoms with E-state index in [9.17, 15) is 4.79 Å². The average molecular weight is 333 g/mol. The third kappa shape index (κ3) is 3.64. The van der Waals surface area contributed by atoms with Crippen molar-refractivity contribution in [2.75, 3.05) is 0 Å². The van der Waals surface area contributed by atoms with Gasteiger partial charge in [-0.25, -0.2) is 4.79 Å². The Kier molecular flexibility index (Phi) is 5.52. The van der Waals surface area contributed by atoms with Crippen molar-refractivity contribution in [1.29, 1.82) is 0 Å². The van der Waals surface area contributed by atoms with E-state index >= 15 is 0 Å². The summed E-state index contributed by atoms with van der Waals surface area (Å²) in [5, 5.41) is 1.93. The van der Waals surface area contributed by atoms with Gasteiger partial charge in [-0.2, -0.15) is 0 Å². The molecular formula is C19H14CoO2. The first-order valence-electron chi connectivity index (χ1n) is 6.75. The Morgan fingerprint density at radius 3 is 2.32 bits per heavy atom. The molecule has 22 heavy (non-hydrogen) atoms. The second-order valence-electron chi connectivity index (χ2n) is 4.65. The summed E-state index contributed by atoms with van der Waals surface area (Å²) in [6.07, 6.45) is 3.20. The van der Waals surface area contributed by atoms with Gasteiger partial charge in [0.25, 0.3) is 0 Å². The first-order valence-corrected chi connectivity index (χ1v) is 6.75. The number of fused-ring (bicyclic) bond motifs is 1. The van der Waals surface area contributed by atoms with Gasteiger partial charge in [-0.3, -0.25) is 0 Å². The third-order valence-corrected chi connectivity index (χ3v) is 3.24. The summed E-state index contributed by atoms with van der Waals surface area (Å²) in [4.78, 5) is 12.2. The van der Waals surface area contributed by atoms with E-state index in [4.69, 9.17) is 4.74 Å². The van der Waals surface area contributed by atoms with Gasteiger partial charge in [0.2, 0.25) is 0 Å². The first kappa shape index (κ1) is 16.0. The number of carbonyl (C=O) groups excluding carboxylic acids is 1. The second-order valence-corrected chi connectivity index (χ2v) is 4.65. The third-order valence-electron chi connectivity index (χ3n) is 3.24. The van der Waals surface area contributed by atoms with Crippen molar-refractivity contribution in [1.82, 2.24) is 0 Å². The maximum atomic E-state index is 12.2. The Labute approximate surface area is 139 Å². The van der Waals surface area contributed by atoms with Crippen LogP contribution < -0.4 is 0 Å². The molecule has 3 aromatic rings. The van der Waals surface area contributed by atoms with Crippen LogP contribution in [0, 0.1) is 0 Å². The minimum absolute atomic E-state index is 0. The first-order chi connectivity index (χ1) is 10.3. The molecule has 0 heterocycles. The van der Waals surface area contributed by atoms with Crippen LogP contribution in [0.5, 0.6) is 0 Å². The molecule has 0 saturated carbocycles. The number of carbonyl (C=O) groups is 1. The van der Waals surface area contributed by atoms with E-state index in [0.29, 0.717) is 5.56 Å². The molecule has 0 aliphatic heterocycles. The van der Waals surface area contributed by atoms with Gasteiger partial charge in [0.15, 0.2) is 0 Å². The Bertz CT molecular complexity index is 789. The fraction of sp³-hybridized carbons (Fsp3) is 0. The van der Waals surface area contributed by atoms with Crippen molar-refractivity contribution in [3.63, 3.8) is 0 Å². The van der Waals surface area contributed by atoms with Crippen LogP contribution in [-0.4, -0.2) is 5.97 Å². The molecular weight excluding hydrogens is 319 g/mol. The molecule has 0 unspecified atom stereocenters. The SMILES string of the molecule is O=C(OC=Cc1ccccc1)c1cccc2ccccc12.[Co]. The van der Waals surface area contributed by atoms with E-state index in [2.05, 4.69) is 0 Å². The Hall–Kier alpha value is -2.36. The summed E-state index contributed by atoms with van der Waals surface area (Å²) >= 11 is 0. The maximum Gasteiger partial charge on any atom is 0.343 e. The second kappa shape index (κ2) is 7.59. The van der Waals surface area contributed by atoms with Gasteiger partial charge in [-0.05, 0) is 28.5 Å². The van der Waals surface area contributed by atoms with Gasteiger partial charge in [0.05, 0.1) is 11.8 Å². The number of benzene rings is 3. The van der Waals surface area contributed by atoms with E-state index in [1.165, 1.54) is 6.26 Å². The van der Waals surface area contributed by atoms with Crippen molar-refractivity contribution in [3.8, 4) is 0 Å². The molecule has 111 valence electrons. The zero-order valence-electron chi connectivity index (χ0n) is 11.7. The number of hydrogen-bond donors (Lipinski definition) is 0. The number of ether oxygens (including phenoxy) is 1. The molecule has 2 nitrogen and oxygen atoms in total. The van der Waals surface area contributed by atoms with Crippen LogP contribution in [0.25, 0.3) is 16.8 Å². The molecule has 0 N–H and O–H groups in total. The molecule has 0 bridgehead atoms. The van der Waals surface area contributed by atoms with E-state index in [1.54, 1.807) is 12.1 Å². The topological polar surface area (TPSA) is 26.3 Å². The molecule has 0 aliphatic carbocycles. The zero-order valence-corrected chi connectivity index (χ0v) is 12.8. The van der Waals surface area contributed by atoms with Crippen LogP contribution in [0.4, 0.5) is 0 Å². The summed E-state index contributed by atoms with van der Waals surface area (Å²) < 4.78 is 5.22. The molecule has 3 rings (SSSR count). The van der Waals surface area contributed by atoms with Gasteiger partial charge in [0, 0.05) is 16.8 Å². The summed E-state index contributed by atoms with van der Waals surface area (Å²) in [5.74, 6) is -0.348. The number of rotatable bonds is 3. The van der Waals surface area contributed by atoms with Crippen LogP contribution in [0.1, 0.15) is 15.9 Å². The predicted octanol–water partition coefficient (Wildman–Crippen LogP) is 4.67. The normalized spacial score (nSPS) is 10.4. The quantitative estimate of drug-likeness (QED) is 0.514. The van der Waals surface area contributed by atoms with Gasteiger partial charge < -0.3 is 4.74 Å². The minimum atomic E-state index is -0.348. The molecule has 0 aliphatic rings. The maximum absolute atomic E-state index is 12.2. The Balaban J connectivity index is 0.00000176. The van der Waals surface area contributed by atoms with Crippen molar-refractivity contribution >= 4 is 22.8 Å². The van der Waals surface area contributed by atoms with Crippen LogP contribution >= 0.6 is 0 Å². The average Bonchev–Trinajstić information content (AvgIpc) is 2.55. The fourth-order valence-corrected chi connectivity index (χ4v) is 2.21. The number of esters is 1. The molecule has 0 fully saturated rings. The molecule has 1 radical (unpaired) electrons. The van der Waals surface area contributed by atoms with Crippen LogP contribution in [0.2, 0.25) is 0 Å². The van der Waals surface area contributed by atoms with Gasteiger partial charge in [-0.15, -0.1) is 0 Å². The smallest absolute Gasteiger partial charge is 0.343 e.